The zero-order valence-corrected chi connectivity index (χ0v) is 17.2. The normalized spacial score (nSPS) is 13.2. The standard InChI is InChI=1S/C21H15F2N7OS/c22-15-3-6-17(18(23)7-15)21(31,9-29-12-24-10-27-29)19-8-26-20(32-19)14-1-4-16(5-2-14)30-13-25-11-28-30/h1-8,10-13,31H,9H2. The second-order valence-electron chi connectivity index (χ2n) is 6.99. The Bertz CT molecular complexity index is 1340. The fourth-order valence-electron chi connectivity index (χ4n) is 3.37. The number of nitrogens with zero attached hydrogens (tertiary/aromatic N) is 7. The van der Waals surface area contributed by atoms with Gasteiger partial charge in [0.2, 0.25) is 0 Å². The number of benzene rings is 2. The maximum absolute atomic E-state index is 14.7. The Morgan fingerprint density at radius 1 is 0.969 bits per heavy atom. The van der Waals surface area contributed by atoms with Crippen LogP contribution in [0.4, 0.5) is 8.78 Å². The summed E-state index contributed by atoms with van der Waals surface area (Å²) in [5, 5.41) is 20.4. The minimum atomic E-state index is -1.83. The van der Waals surface area contributed by atoms with Crippen molar-refractivity contribution in [2.75, 3.05) is 0 Å². The molecule has 0 aliphatic carbocycles. The highest BCUT2D eigenvalue weighted by atomic mass is 32.1. The second kappa shape index (κ2) is 8.02. The lowest BCUT2D eigenvalue weighted by atomic mass is 9.92. The summed E-state index contributed by atoms with van der Waals surface area (Å²) in [6.07, 6.45) is 7.27. The van der Waals surface area contributed by atoms with Crippen LogP contribution in [-0.2, 0) is 12.1 Å². The predicted octanol–water partition coefficient (Wildman–Crippen LogP) is 3.20. The number of aromatic nitrogens is 7. The van der Waals surface area contributed by atoms with Crippen molar-refractivity contribution in [1.29, 1.82) is 0 Å². The van der Waals surface area contributed by atoms with Crippen molar-refractivity contribution >= 4 is 11.3 Å². The molecule has 5 aromatic rings. The molecule has 11 heteroatoms. The van der Waals surface area contributed by atoms with Crippen LogP contribution in [0.15, 0.2) is 74.0 Å². The van der Waals surface area contributed by atoms with Crippen molar-refractivity contribution in [2.45, 2.75) is 12.1 Å². The summed E-state index contributed by atoms with van der Waals surface area (Å²) in [7, 11) is 0. The van der Waals surface area contributed by atoms with Gasteiger partial charge in [-0.05, 0) is 36.4 Å². The third-order valence-corrected chi connectivity index (χ3v) is 6.14. The van der Waals surface area contributed by atoms with E-state index >= 15 is 0 Å². The van der Waals surface area contributed by atoms with Gasteiger partial charge in [-0.25, -0.2) is 33.1 Å². The highest BCUT2D eigenvalue weighted by molar-refractivity contribution is 7.15. The molecule has 1 unspecified atom stereocenters. The first-order chi connectivity index (χ1) is 15.5. The third kappa shape index (κ3) is 3.67. The Hall–Kier alpha value is -3.83. The first-order valence-electron chi connectivity index (χ1n) is 9.45. The van der Waals surface area contributed by atoms with Gasteiger partial charge in [0.25, 0.3) is 0 Å². The molecule has 0 radical (unpaired) electrons. The summed E-state index contributed by atoms with van der Waals surface area (Å²) in [6.45, 7) is -0.123. The highest BCUT2D eigenvalue weighted by Crippen LogP contribution is 2.39. The average molecular weight is 451 g/mol. The molecule has 0 spiro atoms. The van der Waals surface area contributed by atoms with E-state index < -0.39 is 17.2 Å². The van der Waals surface area contributed by atoms with Gasteiger partial charge in [0, 0.05) is 23.4 Å². The maximum Gasteiger partial charge on any atom is 0.148 e. The van der Waals surface area contributed by atoms with Crippen molar-refractivity contribution in [1.82, 2.24) is 34.5 Å². The van der Waals surface area contributed by atoms with E-state index in [1.54, 1.807) is 11.0 Å². The average Bonchev–Trinajstić information content (AvgIpc) is 3.56. The number of rotatable bonds is 6. The van der Waals surface area contributed by atoms with Gasteiger partial charge in [-0.3, -0.25) is 0 Å². The van der Waals surface area contributed by atoms with E-state index in [0.717, 1.165) is 23.4 Å². The fraction of sp³-hybridized carbons (Fsp3) is 0.0952. The van der Waals surface area contributed by atoms with Gasteiger partial charge in [-0.15, -0.1) is 11.3 Å². The Morgan fingerprint density at radius 2 is 1.75 bits per heavy atom. The van der Waals surface area contributed by atoms with E-state index in [0.29, 0.717) is 9.88 Å². The van der Waals surface area contributed by atoms with Crippen LogP contribution in [-0.4, -0.2) is 39.6 Å². The van der Waals surface area contributed by atoms with Gasteiger partial charge in [0.15, 0.2) is 0 Å². The molecule has 3 heterocycles. The van der Waals surface area contributed by atoms with E-state index in [1.807, 2.05) is 24.3 Å². The third-order valence-electron chi connectivity index (χ3n) is 4.94. The summed E-state index contributed by atoms with van der Waals surface area (Å²) >= 11 is 1.21. The van der Waals surface area contributed by atoms with E-state index in [9.17, 15) is 13.9 Å². The molecule has 0 bridgehead atoms. The summed E-state index contributed by atoms with van der Waals surface area (Å²) < 4.78 is 31.2. The quantitative estimate of drug-likeness (QED) is 0.426. The van der Waals surface area contributed by atoms with Gasteiger partial charge in [-0.2, -0.15) is 10.2 Å². The molecule has 32 heavy (non-hydrogen) atoms. The molecule has 160 valence electrons. The molecule has 0 fully saturated rings. The summed E-state index contributed by atoms with van der Waals surface area (Å²) in [6, 6.07) is 10.6. The van der Waals surface area contributed by atoms with Gasteiger partial charge in [0.05, 0.1) is 17.1 Å². The summed E-state index contributed by atoms with van der Waals surface area (Å²) in [5.74, 6) is -1.59. The van der Waals surface area contributed by atoms with Crippen molar-refractivity contribution in [2.24, 2.45) is 0 Å². The zero-order valence-electron chi connectivity index (χ0n) is 16.4. The first kappa shape index (κ1) is 20.1. The van der Waals surface area contributed by atoms with Gasteiger partial charge in [-0.1, -0.05) is 0 Å². The lowest BCUT2D eigenvalue weighted by Gasteiger charge is -2.27. The lowest BCUT2D eigenvalue weighted by Crippen LogP contribution is -2.33. The Labute approximate surface area is 184 Å². The molecule has 1 N–H and O–H groups in total. The van der Waals surface area contributed by atoms with E-state index in [2.05, 4.69) is 25.1 Å². The Balaban J connectivity index is 1.53. The van der Waals surface area contributed by atoms with Crippen LogP contribution >= 0.6 is 11.3 Å². The molecule has 0 saturated heterocycles. The first-order valence-corrected chi connectivity index (χ1v) is 10.3. The molecule has 8 nitrogen and oxygen atoms in total. The highest BCUT2D eigenvalue weighted by Gasteiger charge is 2.37. The molecule has 1 atom stereocenters. The molecule has 0 aliphatic rings. The molecule has 5 rings (SSSR count). The SMILES string of the molecule is OC(Cn1cncn1)(c1cnc(-c2ccc(-n3cncn3)cc2)s1)c1ccc(F)cc1F. The van der Waals surface area contributed by atoms with E-state index in [-0.39, 0.29) is 12.1 Å². The summed E-state index contributed by atoms with van der Waals surface area (Å²) in [4.78, 5) is 12.6. The van der Waals surface area contributed by atoms with Crippen LogP contribution in [0, 0.1) is 11.6 Å². The van der Waals surface area contributed by atoms with Crippen LogP contribution in [0.1, 0.15) is 10.4 Å². The number of hydrogen-bond donors (Lipinski definition) is 1. The molecule has 3 aromatic heterocycles. The molecule has 0 saturated carbocycles. The fourth-order valence-corrected chi connectivity index (χ4v) is 4.38. The Kier molecular flexibility index (Phi) is 5.04. The van der Waals surface area contributed by atoms with E-state index in [1.165, 1.54) is 47.3 Å². The smallest absolute Gasteiger partial charge is 0.148 e. The minimum absolute atomic E-state index is 0.0777. The van der Waals surface area contributed by atoms with Gasteiger partial charge >= 0.3 is 0 Å². The molecule has 2 aromatic carbocycles. The van der Waals surface area contributed by atoms with Crippen molar-refractivity contribution in [3.63, 3.8) is 0 Å². The maximum atomic E-state index is 14.7. The lowest BCUT2D eigenvalue weighted by molar-refractivity contribution is 0.0569. The monoisotopic (exact) mass is 451 g/mol. The van der Waals surface area contributed by atoms with Gasteiger partial charge in [0.1, 0.15) is 47.6 Å². The van der Waals surface area contributed by atoms with Crippen LogP contribution < -0.4 is 0 Å². The van der Waals surface area contributed by atoms with E-state index in [4.69, 9.17) is 0 Å². The molecule has 0 aliphatic heterocycles. The van der Waals surface area contributed by atoms with Crippen molar-refractivity contribution in [3.05, 3.63) is 96.0 Å². The zero-order chi connectivity index (χ0) is 22.1. The largest absolute Gasteiger partial charge is 0.377 e. The number of hydrogen-bond acceptors (Lipinski definition) is 7. The van der Waals surface area contributed by atoms with Crippen LogP contribution in [0.3, 0.4) is 0 Å². The van der Waals surface area contributed by atoms with Crippen LogP contribution in [0.25, 0.3) is 16.3 Å². The van der Waals surface area contributed by atoms with Crippen molar-refractivity contribution < 1.29 is 13.9 Å². The molecule has 0 amide bonds. The molecular weight excluding hydrogens is 436 g/mol. The number of halogens is 2. The number of aliphatic hydroxyl groups is 1. The van der Waals surface area contributed by atoms with Crippen molar-refractivity contribution in [3.8, 4) is 16.3 Å². The Morgan fingerprint density at radius 3 is 2.44 bits per heavy atom. The minimum Gasteiger partial charge on any atom is -0.377 e. The number of thiazole rings is 1. The molecular formula is C21H15F2N7OS. The predicted molar refractivity (Wildman–Crippen MR) is 112 cm³/mol. The van der Waals surface area contributed by atoms with Gasteiger partial charge < -0.3 is 5.11 Å². The van der Waals surface area contributed by atoms with Crippen LogP contribution in [0.2, 0.25) is 0 Å². The van der Waals surface area contributed by atoms with Crippen LogP contribution in [0.5, 0.6) is 0 Å². The topological polar surface area (TPSA) is 94.5 Å². The summed E-state index contributed by atoms with van der Waals surface area (Å²) in [5.41, 5.74) is -0.264. The second-order valence-corrected chi connectivity index (χ2v) is 8.02.